The van der Waals surface area contributed by atoms with E-state index < -0.39 is 0 Å². The third kappa shape index (κ3) is 4.01. The van der Waals surface area contributed by atoms with E-state index in [9.17, 15) is 0 Å². The molecule has 0 aliphatic heterocycles. The quantitative estimate of drug-likeness (QED) is 0.809. The minimum Gasteiger partial charge on any atom is -0.370 e. The Morgan fingerprint density at radius 2 is 2.29 bits per heavy atom. The summed E-state index contributed by atoms with van der Waals surface area (Å²) in [5.74, 6) is 2.86. The van der Waals surface area contributed by atoms with Crippen molar-refractivity contribution in [1.82, 2.24) is 4.98 Å². The highest BCUT2D eigenvalue weighted by molar-refractivity contribution is 7.98. The van der Waals surface area contributed by atoms with Crippen LogP contribution in [0.5, 0.6) is 0 Å². The van der Waals surface area contributed by atoms with Crippen LogP contribution in [0.25, 0.3) is 0 Å². The number of aryl methyl sites for hydroxylation is 1. The molecule has 78 valence electrons. The minimum absolute atomic E-state index is 0.688. The SMILES string of the molecule is CSCC(C)CNc1ccc(C)cn1. The highest BCUT2D eigenvalue weighted by atomic mass is 32.2. The molecule has 1 rings (SSSR count). The van der Waals surface area contributed by atoms with Crippen molar-refractivity contribution in [3.05, 3.63) is 23.9 Å². The molecule has 0 radical (unpaired) electrons. The van der Waals surface area contributed by atoms with Gasteiger partial charge in [-0.05, 0) is 36.5 Å². The highest BCUT2D eigenvalue weighted by Gasteiger charge is 2.00. The van der Waals surface area contributed by atoms with Gasteiger partial charge in [0.2, 0.25) is 0 Å². The van der Waals surface area contributed by atoms with Gasteiger partial charge >= 0.3 is 0 Å². The molecule has 1 atom stereocenters. The Morgan fingerprint density at radius 1 is 1.50 bits per heavy atom. The van der Waals surface area contributed by atoms with Crippen LogP contribution in [0, 0.1) is 12.8 Å². The summed E-state index contributed by atoms with van der Waals surface area (Å²) in [6, 6.07) is 4.11. The van der Waals surface area contributed by atoms with Crippen molar-refractivity contribution >= 4 is 17.6 Å². The van der Waals surface area contributed by atoms with Crippen molar-refractivity contribution in [2.45, 2.75) is 13.8 Å². The molecule has 1 N–H and O–H groups in total. The van der Waals surface area contributed by atoms with Crippen LogP contribution in [-0.4, -0.2) is 23.5 Å². The van der Waals surface area contributed by atoms with Gasteiger partial charge in [0, 0.05) is 12.7 Å². The Kier molecular flexibility index (Phi) is 4.80. The van der Waals surface area contributed by atoms with Crippen molar-refractivity contribution < 1.29 is 0 Å². The zero-order valence-electron chi connectivity index (χ0n) is 9.08. The van der Waals surface area contributed by atoms with Gasteiger partial charge in [-0.25, -0.2) is 4.98 Å². The number of hydrogen-bond acceptors (Lipinski definition) is 3. The van der Waals surface area contributed by atoms with Crippen molar-refractivity contribution in [1.29, 1.82) is 0 Å². The lowest BCUT2D eigenvalue weighted by Gasteiger charge is -2.11. The van der Waals surface area contributed by atoms with Gasteiger partial charge in [0.15, 0.2) is 0 Å². The van der Waals surface area contributed by atoms with E-state index in [1.165, 1.54) is 11.3 Å². The maximum atomic E-state index is 4.29. The molecular formula is C11H18N2S. The summed E-state index contributed by atoms with van der Waals surface area (Å²) < 4.78 is 0. The van der Waals surface area contributed by atoms with E-state index in [2.05, 4.69) is 29.5 Å². The van der Waals surface area contributed by atoms with Gasteiger partial charge in [-0.2, -0.15) is 11.8 Å². The first-order chi connectivity index (χ1) is 6.72. The molecule has 0 aliphatic carbocycles. The Balaban J connectivity index is 2.34. The van der Waals surface area contributed by atoms with Gasteiger partial charge in [0.1, 0.15) is 5.82 Å². The number of rotatable bonds is 5. The molecule has 0 fully saturated rings. The fourth-order valence-electron chi connectivity index (χ4n) is 1.19. The Bertz CT molecular complexity index is 258. The van der Waals surface area contributed by atoms with Crippen LogP contribution in [0.4, 0.5) is 5.82 Å². The molecule has 1 unspecified atom stereocenters. The maximum absolute atomic E-state index is 4.29. The second kappa shape index (κ2) is 5.91. The van der Waals surface area contributed by atoms with Gasteiger partial charge in [-0.15, -0.1) is 0 Å². The first-order valence-corrected chi connectivity index (χ1v) is 6.27. The van der Waals surface area contributed by atoms with Crippen LogP contribution in [0.1, 0.15) is 12.5 Å². The lowest BCUT2D eigenvalue weighted by atomic mass is 10.2. The van der Waals surface area contributed by atoms with Gasteiger partial charge in [-0.1, -0.05) is 13.0 Å². The zero-order chi connectivity index (χ0) is 10.4. The summed E-state index contributed by atoms with van der Waals surface area (Å²) >= 11 is 1.89. The smallest absolute Gasteiger partial charge is 0.125 e. The summed E-state index contributed by atoms with van der Waals surface area (Å²) in [4.78, 5) is 4.29. The van der Waals surface area contributed by atoms with Crippen LogP contribution in [0.15, 0.2) is 18.3 Å². The summed E-state index contributed by atoms with van der Waals surface area (Å²) in [5.41, 5.74) is 1.20. The van der Waals surface area contributed by atoms with Crippen LogP contribution in [0.3, 0.4) is 0 Å². The fourth-order valence-corrected chi connectivity index (χ4v) is 1.88. The second-order valence-corrected chi connectivity index (χ2v) is 4.57. The van der Waals surface area contributed by atoms with Crippen LogP contribution in [-0.2, 0) is 0 Å². The van der Waals surface area contributed by atoms with Gasteiger partial charge in [-0.3, -0.25) is 0 Å². The molecule has 0 saturated carbocycles. The molecular weight excluding hydrogens is 192 g/mol. The third-order valence-corrected chi connectivity index (χ3v) is 2.90. The molecule has 0 aliphatic rings. The van der Waals surface area contributed by atoms with Crippen molar-refractivity contribution in [3.63, 3.8) is 0 Å². The first kappa shape index (κ1) is 11.4. The Labute approximate surface area is 90.5 Å². The summed E-state index contributed by atoms with van der Waals surface area (Å²) in [6.45, 7) is 5.29. The van der Waals surface area contributed by atoms with E-state index >= 15 is 0 Å². The van der Waals surface area contributed by atoms with E-state index in [1.54, 1.807) is 0 Å². The second-order valence-electron chi connectivity index (χ2n) is 3.66. The van der Waals surface area contributed by atoms with Crippen LogP contribution >= 0.6 is 11.8 Å². The molecule has 1 aromatic heterocycles. The predicted octanol–water partition coefficient (Wildman–Crippen LogP) is 2.80. The van der Waals surface area contributed by atoms with E-state index in [0.29, 0.717) is 5.92 Å². The molecule has 0 bridgehead atoms. The third-order valence-electron chi connectivity index (χ3n) is 1.99. The number of anilines is 1. The number of pyridine rings is 1. The fraction of sp³-hybridized carbons (Fsp3) is 0.545. The van der Waals surface area contributed by atoms with Crippen molar-refractivity contribution in [2.75, 3.05) is 23.9 Å². The topological polar surface area (TPSA) is 24.9 Å². The number of nitrogens with one attached hydrogen (secondary N) is 1. The van der Waals surface area contributed by atoms with Gasteiger partial charge in [0.25, 0.3) is 0 Å². The summed E-state index contributed by atoms with van der Waals surface area (Å²) in [7, 11) is 0. The average molecular weight is 210 g/mol. The number of nitrogens with zero attached hydrogens (tertiary/aromatic N) is 1. The molecule has 1 aromatic rings. The largest absolute Gasteiger partial charge is 0.370 e. The van der Waals surface area contributed by atoms with Gasteiger partial charge in [0.05, 0.1) is 0 Å². The van der Waals surface area contributed by atoms with Crippen LogP contribution in [0.2, 0.25) is 0 Å². The summed E-state index contributed by atoms with van der Waals surface area (Å²) in [5, 5.41) is 3.33. The van der Waals surface area contributed by atoms with Crippen molar-refractivity contribution in [2.24, 2.45) is 5.92 Å². The minimum atomic E-state index is 0.688. The molecule has 0 aromatic carbocycles. The van der Waals surface area contributed by atoms with E-state index in [4.69, 9.17) is 0 Å². The van der Waals surface area contributed by atoms with E-state index in [1.807, 2.05) is 30.9 Å². The van der Waals surface area contributed by atoms with E-state index in [-0.39, 0.29) is 0 Å². The molecule has 0 amide bonds. The van der Waals surface area contributed by atoms with Crippen LogP contribution < -0.4 is 5.32 Å². The molecule has 0 spiro atoms. The number of thioether (sulfide) groups is 1. The zero-order valence-corrected chi connectivity index (χ0v) is 9.90. The maximum Gasteiger partial charge on any atom is 0.125 e. The first-order valence-electron chi connectivity index (χ1n) is 4.88. The standard InChI is InChI=1S/C11H18N2S/c1-9-4-5-11(12-6-9)13-7-10(2)8-14-3/h4-6,10H,7-8H2,1-3H3,(H,12,13). The predicted molar refractivity (Wildman–Crippen MR) is 65.0 cm³/mol. The molecule has 3 heteroatoms. The Morgan fingerprint density at radius 3 is 2.86 bits per heavy atom. The molecule has 0 saturated heterocycles. The highest BCUT2D eigenvalue weighted by Crippen LogP contribution is 2.07. The normalized spacial score (nSPS) is 12.5. The molecule has 14 heavy (non-hydrogen) atoms. The number of aromatic nitrogens is 1. The number of hydrogen-bond donors (Lipinski definition) is 1. The molecule has 2 nitrogen and oxygen atoms in total. The monoisotopic (exact) mass is 210 g/mol. The lowest BCUT2D eigenvalue weighted by molar-refractivity contribution is 0.699. The lowest BCUT2D eigenvalue weighted by Crippen LogP contribution is -2.13. The van der Waals surface area contributed by atoms with E-state index in [0.717, 1.165) is 12.4 Å². The van der Waals surface area contributed by atoms with Gasteiger partial charge < -0.3 is 5.32 Å². The van der Waals surface area contributed by atoms with Crippen molar-refractivity contribution in [3.8, 4) is 0 Å². The molecule has 1 heterocycles. The summed E-state index contributed by atoms with van der Waals surface area (Å²) in [6.07, 6.45) is 4.03. The average Bonchev–Trinajstić information content (AvgIpc) is 2.17. The Hall–Kier alpha value is -0.700.